The molecule has 0 bridgehead atoms. The van der Waals surface area contributed by atoms with Crippen LogP contribution in [0.1, 0.15) is 13.3 Å². The van der Waals surface area contributed by atoms with Gasteiger partial charge in [-0.25, -0.2) is 0 Å². The van der Waals surface area contributed by atoms with Crippen LogP contribution in [0.3, 0.4) is 0 Å². The van der Waals surface area contributed by atoms with Gasteiger partial charge < -0.3 is 5.32 Å². The predicted molar refractivity (Wildman–Crippen MR) is 65.2 cm³/mol. The van der Waals surface area contributed by atoms with Crippen LogP contribution >= 0.6 is 0 Å². The molecule has 0 radical (unpaired) electrons. The van der Waals surface area contributed by atoms with Gasteiger partial charge >= 0.3 is 0 Å². The number of nitrogens with zero attached hydrogens (tertiary/aromatic N) is 3. The lowest BCUT2D eigenvalue weighted by Gasteiger charge is -2.05. The third kappa shape index (κ3) is 2.39. The molecule has 0 fully saturated rings. The van der Waals surface area contributed by atoms with Crippen LogP contribution in [0, 0.1) is 0 Å². The Bertz CT molecular complexity index is 462. The van der Waals surface area contributed by atoms with E-state index in [0.717, 1.165) is 29.9 Å². The fraction of sp³-hybridized carbons (Fsp3) is 0.333. The normalized spacial score (nSPS) is 10.4. The van der Waals surface area contributed by atoms with Crippen molar-refractivity contribution in [3.05, 3.63) is 30.7 Å². The molecule has 0 saturated heterocycles. The second-order valence-electron chi connectivity index (χ2n) is 3.76. The molecule has 2 heterocycles. The Kier molecular flexibility index (Phi) is 3.19. The number of pyridine rings is 1. The molecule has 0 spiro atoms. The van der Waals surface area contributed by atoms with E-state index in [1.54, 1.807) is 4.68 Å². The molecule has 2 aromatic rings. The quantitative estimate of drug-likeness (QED) is 0.852. The van der Waals surface area contributed by atoms with Gasteiger partial charge in [-0.15, -0.1) is 0 Å². The number of hydrogen-bond acceptors (Lipinski definition) is 3. The summed E-state index contributed by atoms with van der Waals surface area (Å²) in [4.78, 5) is 4.34. The van der Waals surface area contributed by atoms with Gasteiger partial charge in [0.15, 0.2) is 0 Å². The maximum absolute atomic E-state index is 4.34. The molecule has 0 aromatic carbocycles. The van der Waals surface area contributed by atoms with E-state index in [1.165, 1.54) is 0 Å². The Balaban J connectivity index is 2.22. The van der Waals surface area contributed by atoms with Crippen molar-refractivity contribution in [2.75, 3.05) is 11.9 Å². The first-order valence-electron chi connectivity index (χ1n) is 5.48. The van der Waals surface area contributed by atoms with Gasteiger partial charge in [0.25, 0.3) is 0 Å². The van der Waals surface area contributed by atoms with Gasteiger partial charge in [-0.05, 0) is 18.6 Å². The molecule has 0 atom stereocenters. The van der Waals surface area contributed by atoms with Crippen LogP contribution < -0.4 is 5.32 Å². The first-order valence-corrected chi connectivity index (χ1v) is 5.48. The van der Waals surface area contributed by atoms with Crippen molar-refractivity contribution in [2.24, 2.45) is 7.05 Å². The number of hydrogen-bond donors (Lipinski definition) is 1. The van der Waals surface area contributed by atoms with Crippen molar-refractivity contribution in [3.63, 3.8) is 0 Å². The average Bonchev–Trinajstić information content (AvgIpc) is 2.74. The molecule has 0 amide bonds. The maximum atomic E-state index is 4.34. The van der Waals surface area contributed by atoms with Crippen molar-refractivity contribution < 1.29 is 0 Å². The van der Waals surface area contributed by atoms with Gasteiger partial charge in [0, 0.05) is 37.2 Å². The molecule has 0 saturated carbocycles. The second kappa shape index (κ2) is 4.79. The summed E-state index contributed by atoms with van der Waals surface area (Å²) in [6.45, 7) is 3.13. The van der Waals surface area contributed by atoms with Gasteiger partial charge in [-0.1, -0.05) is 6.92 Å². The lowest BCUT2D eigenvalue weighted by molar-refractivity contribution is 0.768. The Labute approximate surface area is 95.3 Å². The number of nitrogens with one attached hydrogen (secondary N) is 1. The van der Waals surface area contributed by atoms with E-state index < -0.39 is 0 Å². The van der Waals surface area contributed by atoms with Crippen LogP contribution in [-0.2, 0) is 7.05 Å². The fourth-order valence-electron chi connectivity index (χ4n) is 1.52. The van der Waals surface area contributed by atoms with E-state index >= 15 is 0 Å². The lowest BCUT2D eigenvalue weighted by atomic mass is 10.2. The minimum Gasteiger partial charge on any atom is -0.385 e. The molecule has 1 N–H and O–H groups in total. The molecule has 0 unspecified atom stereocenters. The van der Waals surface area contributed by atoms with Crippen LogP contribution in [0.2, 0.25) is 0 Å². The largest absolute Gasteiger partial charge is 0.385 e. The third-order valence-corrected chi connectivity index (χ3v) is 2.34. The van der Waals surface area contributed by atoms with E-state index in [1.807, 2.05) is 37.8 Å². The van der Waals surface area contributed by atoms with E-state index in [9.17, 15) is 0 Å². The van der Waals surface area contributed by atoms with Gasteiger partial charge in [0.05, 0.1) is 11.9 Å². The molecule has 2 aromatic heterocycles. The van der Waals surface area contributed by atoms with Gasteiger partial charge in [0.2, 0.25) is 0 Å². The minimum atomic E-state index is 0.953. The molecular weight excluding hydrogens is 200 g/mol. The Morgan fingerprint density at radius 2 is 2.31 bits per heavy atom. The standard InChI is InChI=1S/C12H16N4/c1-3-5-13-11-4-6-14-12(7-11)10-8-15-16(2)9-10/h4,6-9H,3,5H2,1-2H3,(H,13,14). The van der Waals surface area contributed by atoms with Gasteiger partial charge in [-0.2, -0.15) is 5.10 Å². The molecule has 16 heavy (non-hydrogen) atoms. The zero-order chi connectivity index (χ0) is 11.4. The van der Waals surface area contributed by atoms with Gasteiger partial charge in [0.1, 0.15) is 0 Å². The number of aryl methyl sites for hydroxylation is 1. The SMILES string of the molecule is CCCNc1ccnc(-c2cnn(C)c2)c1. The Morgan fingerprint density at radius 1 is 1.44 bits per heavy atom. The molecule has 84 valence electrons. The zero-order valence-electron chi connectivity index (χ0n) is 9.64. The third-order valence-electron chi connectivity index (χ3n) is 2.34. The van der Waals surface area contributed by atoms with Crippen molar-refractivity contribution in [1.82, 2.24) is 14.8 Å². The molecule has 2 rings (SSSR count). The monoisotopic (exact) mass is 216 g/mol. The van der Waals surface area contributed by atoms with E-state index in [-0.39, 0.29) is 0 Å². The second-order valence-corrected chi connectivity index (χ2v) is 3.76. The highest BCUT2D eigenvalue weighted by Crippen LogP contribution is 2.18. The smallest absolute Gasteiger partial charge is 0.0754 e. The first-order chi connectivity index (χ1) is 7.79. The summed E-state index contributed by atoms with van der Waals surface area (Å²) in [6, 6.07) is 4.03. The zero-order valence-corrected chi connectivity index (χ0v) is 9.64. The van der Waals surface area contributed by atoms with Crippen LogP contribution in [0.4, 0.5) is 5.69 Å². The average molecular weight is 216 g/mol. The van der Waals surface area contributed by atoms with Gasteiger partial charge in [-0.3, -0.25) is 9.67 Å². The summed E-state index contributed by atoms with van der Waals surface area (Å²) in [5, 5.41) is 7.49. The lowest BCUT2D eigenvalue weighted by Crippen LogP contribution is -1.99. The van der Waals surface area contributed by atoms with Crippen LogP contribution in [-0.4, -0.2) is 21.3 Å². The molecule has 0 aliphatic rings. The van der Waals surface area contributed by atoms with Crippen LogP contribution in [0.25, 0.3) is 11.3 Å². The Hall–Kier alpha value is -1.84. The highest BCUT2D eigenvalue weighted by atomic mass is 15.2. The molecule has 0 aliphatic heterocycles. The number of rotatable bonds is 4. The summed E-state index contributed by atoms with van der Waals surface area (Å²) in [7, 11) is 1.91. The molecule has 4 nitrogen and oxygen atoms in total. The predicted octanol–water partition coefficient (Wildman–Crippen LogP) is 2.30. The fourth-order valence-corrected chi connectivity index (χ4v) is 1.52. The summed E-state index contributed by atoms with van der Waals surface area (Å²) in [6.07, 6.45) is 6.72. The summed E-state index contributed by atoms with van der Waals surface area (Å²) < 4.78 is 1.78. The molecule has 4 heteroatoms. The first kappa shape index (κ1) is 10.7. The molecule has 0 aliphatic carbocycles. The minimum absolute atomic E-state index is 0.953. The molecular formula is C12H16N4. The van der Waals surface area contributed by atoms with Crippen LogP contribution in [0.15, 0.2) is 30.7 Å². The van der Waals surface area contributed by atoms with E-state index in [2.05, 4.69) is 22.3 Å². The number of aromatic nitrogens is 3. The Morgan fingerprint density at radius 3 is 3.00 bits per heavy atom. The summed E-state index contributed by atoms with van der Waals surface area (Å²) >= 11 is 0. The van der Waals surface area contributed by atoms with Crippen LogP contribution in [0.5, 0.6) is 0 Å². The summed E-state index contributed by atoms with van der Waals surface area (Å²) in [5.74, 6) is 0. The van der Waals surface area contributed by atoms with E-state index in [4.69, 9.17) is 0 Å². The van der Waals surface area contributed by atoms with Crippen molar-refractivity contribution >= 4 is 5.69 Å². The summed E-state index contributed by atoms with van der Waals surface area (Å²) in [5.41, 5.74) is 3.10. The number of anilines is 1. The highest BCUT2D eigenvalue weighted by molar-refractivity contribution is 5.62. The van der Waals surface area contributed by atoms with Crippen molar-refractivity contribution in [2.45, 2.75) is 13.3 Å². The van der Waals surface area contributed by atoms with Crippen molar-refractivity contribution in [1.29, 1.82) is 0 Å². The topological polar surface area (TPSA) is 42.7 Å². The van der Waals surface area contributed by atoms with Crippen molar-refractivity contribution in [3.8, 4) is 11.3 Å². The van der Waals surface area contributed by atoms with E-state index in [0.29, 0.717) is 0 Å². The highest BCUT2D eigenvalue weighted by Gasteiger charge is 2.02. The maximum Gasteiger partial charge on any atom is 0.0754 e.